The molecule has 0 aromatic heterocycles. The second kappa shape index (κ2) is 4.45. The van der Waals surface area contributed by atoms with Crippen molar-refractivity contribution in [1.29, 1.82) is 0 Å². The zero-order chi connectivity index (χ0) is 10.7. The van der Waals surface area contributed by atoms with Gasteiger partial charge in [-0.2, -0.15) is 0 Å². The van der Waals surface area contributed by atoms with Crippen molar-refractivity contribution in [3.8, 4) is 0 Å². The molecular formula is C12H27N. The highest BCUT2D eigenvalue weighted by Gasteiger charge is 2.30. The normalized spacial score (nSPS) is 15.9. The topological polar surface area (TPSA) is 26.0 Å². The quantitative estimate of drug-likeness (QED) is 0.696. The molecule has 2 N–H and O–H groups in total. The van der Waals surface area contributed by atoms with E-state index in [0.29, 0.717) is 11.3 Å². The van der Waals surface area contributed by atoms with Crippen LogP contribution in [0.1, 0.15) is 60.8 Å². The van der Waals surface area contributed by atoms with Crippen LogP contribution >= 0.6 is 0 Å². The van der Waals surface area contributed by atoms with Crippen LogP contribution in [-0.2, 0) is 0 Å². The van der Waals surface area contributed by atoms with Crippen LogP contribution in [0.5, 0.6) is 0 Å². The molecule has 1 heteroatoms. The maximum atomic E-state index is 6.04. The van der Waals surface area contributed by atoms with Gasteiger partial charge in [0.05, 0.1) is 0 Å². The molecule has 80 valence electrons. The Bertz CT molecular complexity index is 140. The number of rotatable bonds is 5. The lowest BCUT2D eigenvalue weighted by Crippen LogP contribution is -2.38. The Labute approximate surface area is 84.1 Å². The molecule has 0 heterocycles. The summed E-state index contributed by atoms with van der Waals surface area (Å²) in [6.45, 7) is 13.5. The second-order valence-corrected chi connectivity index (χ2v) is 5.45. The smallest absolute Gasteiger partial charge is 0.00997 e. The minimum Gasteiger partial charge on any atom is -0.326 e. The zero-order valence-electron chi connectivity index (χ0n) is 10.3. The van der Waals surface area contributed by atoms with E-state index in [9.17, 15) is 0 Å². The van der Waals surface area contributed by atoms with Gasteiger partial charge in [0, 0.05) is 5.54 Å². The van der Waals surface area contributed by atoms with E-state index in [0.717, 1.165) is 6.42 Å². The second-order valence-electron chi connectivity index (χ2n) is 5.45. The molecule has 0 aromatic carbocycles. The first kappa shape index (κ1) is 13.0. The third kappa shape index (κ3) is 4.12. The molecule has 0 rings (SSSR count). The molecule has 0 fully saturated rings. The molecule has 0 radical (unpaired) electrons. The maximum Gasteiger partial charge on any atom is 0.00997 e. The monoisotopic (exact) mass is 185 g/mol. The third-order valence-corrected chi connectivity index (χ3v) is 3.64. The fraction of sp³-hybridized carbons (Fsp3) is 1.00. The molecule has 0 aromatic rings. The summed E-state index contributed by atoms with van der Waals surface area (Å²) in [7, 11) is 0. The summed E-state index contributed by atoms with van der Waals surface area (Å²) in [4.78, 5) is 0. The molecule has 13 heavy (non-hydrogen) atoms. The van der Waals surface area contributed by atoms with Crippen LogP contribution < -0.4 is 5.73 Å². The van der Waals surface area contributed by atoms with E-state index in [1.54, 1.807) is 0 Å². The summed E-state index contributed by atoms with van der Waals surface area (Å²) < 4.78 is 0. The Hall–Kier alpha value is -0.0400. The van der Waals surface area contributed by atoms with E-state index in [4.69, 9.17) is 5.73 Å². The molecule has 1 unspecified atom stereocenters. The van der Waals surface area contributed by atoms with E-state index in [2.05, 4.69) is 41.5 Å². The molecule has 0 spiro atoms. The summed E-state index contributed by atoms with van der Waals surface area (Å²) in [5.74, 6) is 0.711. The average molecular weight is 185 g/mol. The summed E-state index contributed by atoms with van der Waals surface area (Å²) in [6, 6.07) is 0. The van der Waals surface area contributed by atoms with E-state index >= 15 is 0 Å². The number of hydrogen-bond acceptors (Lipinski definition) is 1. The summed E-state index contributed by atoms with van der Waals surface area (Å²) in [6.07, 6.45) is 3.62. The molecular weight excluding hydrogens is 158 g/mol. The average Bonchev–Trinajstić information content (AvgIpc) is 2.00. The first-order valence-corrected chi connectivity index (χ1v) is 5.54. The number of hydrogen-bond donors (Lipinski definition) is 1. The minimum absolute atomic E-state index is 0.0228. The van der Waals surface area contributed by atoms with Gasteiger partial charge in [0.25, 0.3) is 0 Å². The molecule has 0 amide bonds. The predicted molar refractivity (Wildman–Crippen MR) is 60.7 cm³/mol. The minimum atomic E-state index is -0.0228. The summed E-state index contributed by atoms with van der Waals surface area (Å²) >= 11 is 0. The molecule has 0 aliphatic heterocycles. The van der Waals surface area contributed by atoms with Crippen LogP contribution in [0, 0.1) is 11.3 Å². The fourth-order valence-electron chi connectivity index (χ4n) is 1.98. The predicted octanol–water partition coefficient (Wildman–Crippen LogP) is 3.58. The van der Waals surface area contributed by atoms with Gasteiger partial charge >= 0.3 is 0 Å². The van der Waals surface area contributed by atoms with Crippen molar-refractivity contribution in [3.05, 3.63) is 0 Å². The zero-order valence-corrected chi connectivity index (χ0v) is 10.3. The van der Waals surface area contributed by atoms with Crippen LogP contribution in [-0.4, -0.2) is 5.54 Å². The van der Waals surface area contributed by atoms with E-state index < -0.39 is 0 Å². The largest absolute Gasteiger partial charge is 0.326 e. The van der Waals surface area contributed by atoms with Crippen molar-refractivity contribution in [2.75, 3.05) is 0 Å². The fourth-order valence-corrected chi connectivity index (χ4v) is 1.98. The molecule has 1 nitrogen and oxygen atoms in total. The van der Waals surface area contributed by atoms with E-state index in [1.807, 2.05) is 0 Å². The van der Waals surface area contributed by atoms with Gasteiger partial charge in [0.1, 0.15) is 0 Å². The highest BCUT2D eigenvalue weighted by molar-refractivity contribution is 4.84. The first-order valence-electron chi connectivity index (χ1n) is 5.54. The number of nitrogens with two attached hydrogens (primary N) is 1. The van der Waals surface area contributed by atoms with Crippen molar-refractivity contribution in [2.45, 2.75) is 66.3 Å². The van der Waals surface area contributed by atoms with Gasteiger partial charge in [0.15, 0.2) is 0 Å². The summed E-state index contributed by atoms with van der Waals surface area (Å²) in [5.41, 5.74) is 6.49. The Morgan fingerprint density at radius 3 is 1.69 bits per heavy atom. The molecule has 0 saturated heterocycles. The highest BCUT2D eigenvalue weighted by Crippen LogP contribution is 2.38. The van der Waals surface area contributed by atoms with Crippen LogP contribution in [0.4, 0.5) is 0 Å². The first-order chi connectivity index (χ1) is 5.75. The van der Waals surface area contributed by atoms with Gasteiger partial charge in [-0.1, -0.05) is 40.5 Å². The van der Waals surface area contributed by atoms with Gasteiger partial charge in [0.2, 0.25) is 0 Å². The lowest BCUT2D eigenvalue weighted by Gasteiger charge is -2.37. The molecule has 1 atom stereocenters. The SMILES string of the molecule is CCC(C)(CC)C(C)CC(C)(C)N. The maximum absolute atomic E-state index is 6.04. The van der Waals surface area contributed by atoms with E-state index in [1.165, 1.54) is 12.8 Å². The van der Waals surface area contributed by atoms with Crippen molar-refractivity contribution in [2.24, 2.45) is 17.1 Å². The Morgan fingerprint density at radius 1 is 1.08 bits per heavy atom. The summed E-state index contributed by atoms with van der Waals surface area (Å²) in [5, 5.41) is 0. The van der Waals surface area contributed by atoms with Crippen molar-refractivity contribution in [3.63, 3.8) is 0 Å². The third-order valence-electron chi connectivity index (χ3n) is 3.64. The van der Waals surface area contributed by atoms with Crippen molar-refractivity contribution in [1.82, 2.24) is 0 Å². The molecule has 0 aliphatic carbocycles. The van der Waals surface area contributed by atoms with Crippen LogP contribution in [0.25, 0.3) is 0 Å². The van der Waals surface area contributed by atoms with Gasteiger partial charge in [-0.25, -0.2) is 0 Å². The van der Waals surface area contributed by atoms with Gasteiger partial charge in [-0.3, -0.25) is 0 Å². The highest BCUT2D eigenvalue weighted by atomic mass is 14.7. The van der Waals surface area contributed by atoms with Gasteiger partial charge < -0.3 is 5.73 Å². The van der Waals surface area contributed by atoms with Crippen molar-refractivity contribution >= 4 is 0 Å². The Morgan fingerprint density at radius 2 is 1.46 bits per heavy atom. The molecule has 0 bridgehead atoms. The van der Waals surface area contributed by atoms with E-state index in [-0.39, 0.29) is 5.54 Å². The molecule has 0 aliphatic rings. The van der Waals surface area contributed by atoms with Crippen LogP contribution in [0.15, 0.2) is 0 Å². The van der Waals surface area contributed by atoms with Crippen molar-refractivity contribution < 1.29 is 0 Å². The molecule has 0 saturated carbocycles. The van der Waals surface area contributed by atoms with Crippen LogP contribution in [0.3, 0.4) is 0 Å². The Kier molecular flexibility index (Phi) is 4.44. The Balaban J connectivity index is 4.31. The lowest BCUT2D eigenvalue weighted by molar-refractivity contribution is 0.151. The standard InChI is InChI=1S/C12H27N/c1-7-12(6,8-2)10(3)9-11(4,5)13/h10H,7-9,13H2,1-6H3. The van der Waals surface area contributed by atoms with Gasteiger partial charge in [-0.15, -0.1) is 0 Å². The lowest BCUT2D eigenvalue weighted by atomic mass is 9.70. The van der Waals surface area contributed by atoms with Gasteiger partial charge in [-0.05, 0) is 31.6 Å². The van der Waals surface area contributed by atoms with Crippen LogP contribution in [0.2, 0.25) is 0 Å².